The number of carboxylic acids is 1. The van der Waals surface area contributed by atoms with Crippen LogP contribution in [0.1, 0.15) is 26.2 Å². The summed E-state index contributed by atoms with van der Waals surface area (Å²) in [4.78, 5) is 10.2. The Labute approximate surface area is 69.8 Å². The Bertz CT molecular complexity index is 104. The van der Waals surface area contributed by atoms with Crippen LogP contribution in [0.4, 0.5) is 0 Å². The largest absolute Gasteiger partial charge is 0.481 e. The quantitative estimate of drug-likeness (QED) is 0.705. The molecule has 10 heavy (non-hydrogen) atoms. The molecule has 1 unspecified atom stereocenters. The van der Waals surface area contributed by atoms with E-state index >= 15 is 0 Å². The smallest absolute Gasteiger partial charge is 0.303 e. The third-order valence-corrected chi connectivity index (χ3v) is 2.02. The minimum atomic E-state index is -0.687. The summed E-state index contributed by atoms with van der Waals surface area (Å²) in [5, 5.41) is 9.33. The molecule has 0 spiro atoms. The molecule has 0 aliphatic carbocycles. The highest BCUT2D eigenvalue weighted by Gasteiger charge is 2.09. The first kappa shape index (κ1) is 9.95. The number of carboxylic acid groups (broad SMARTS) is 1. The lowest BCUT2D eigenvalue weighted by Crippen LogP contribution is -2.06. The zero-order valence-electron chi connectivity index (χ0n) is 6.14. The van der Waals surface area contributed by atoms with E-state index in [-0.39, 0.29) is 0 Å². The van der Waals surface area contributed by atoms with E-state index in [9.17, 15) is 4.79 Å². The van der Waals surface area contributed by atoms with Crippen molar-refractivity contribution in [3.05, 3.63) is 0 Å². The predicted octanol–water partition coefficient (Wildman–Crippen LogP) is 2.27. The molecule has 0 aliphatic heterocycles. The van der Waals surface area contributed by atoms with Crippen LogP contribution in [0.15, 0.2) is 0 Å². The minimum Gasteiger partial charge on any atom is -0.481 e. The number of alkyl halides is 1. The molecule has 0 bridgehead atoms. The van der Waals surface area contributed by atoms with E-state index < -0.39 is 5.97 Å². The van der Waals surface area contributed by atoms with Gasteiger partial charge >= 0.3 is 5.97 Å². The number of hydrogen-bond donors (Lipinski definition) is 1. The Morgan fingerprint density at radius 2 is 2.30 bits per heavy atom. The summed E-state index contributed by atoms with van der Waals surface area (Å²) < 4.78 is 0. The maximum atomic E-state index is 10.2. The molecule has 0 aromatic carbocycles. The number of rotatable bonds is 5. The van der Waals surface area contributed by atoms with Crippen molar-refractivity contribution < 1.29 is 9.90 Å². The SMILES string of the molecule is CCC(CCBr)CC(=O)O. The van der Waals surface area contributed by atoms with Crippen LogP contribution in [0.5, 0.6) is 0 Å². The van der Waals surface area contributed by atoms with E-state index in [2.05, 4.69) is 15.9 Å². The van der Waals surface area contributed by atoms with Crippen LogP contribution in [0.25, 0.3) is 0 Å². The minimum absolute atomic E-state index is 0.308. The normalized spacial score (nSPS) is 13.0. The fourth-order valence-corrected chi connectivity index (χ4v) is 1.50. The van der Waals surface area contributed by atoms with E-state index in [0.29, 0.717) is 12.3 Å². The molecule has 0 saturated heterocycles. The number of halogens is 1. The molecule has 1 atom stereocenters. The molecule has 0 fully saturated rings. The van der Waals surface area contributed by atoms with E-state index in [1.165, 1.54) is 0 Å². The topological polar surface area (TPSA) is 37.3 Å². The molecule has 0 aromatic heterocycles. The fraction of sp³-hybridized carbons (Fsp3) is 0.857. The number of aliphatic carboxylic acids is 1. The van der Waals surface area contributed by atoms with E-state index in [4.69, 9.17) is 5.11 Å². The molecule has 2 nitrogen and oxygen atoms in total. The van der Waals surface area contributed by atoms with Crippen molar-refractivity contribution in [3.8, 4) is 0 Å². The highest BCUT2D eigenvalue weighted by molar-refractivity contribution is 9.09. The highest BCUT2D eigenvalue weighted by Crippen LogP contribution is 2.13. The summed E-state index contributed by atoms with van der Waals surface area (Å²) in [6, 6.07) is 0. The third kappa shape index (κ3) is 4.79. The van der Waals surface area contributed by atoms with Crippen molar-refractivity contribution in [2.45, 2.75) is 26.2 Å². The van der Waals surface area contributed by atoms with E-state index in [1.54, 1.807) is 0 Å². The van der Waals surface area contributed by atoms with Crippen molar-refractivity contribution in [1.29, 1.82) is 0 Å². The molecule has 0 aliphatic rings. The lowest BCUT2D eigenvalue weighted by molar-refractivity contribution is -0.138. The molecule has 0 amide bonds. The van der Waals surface area contributed by atoms with Gasteiger partial charge in [0.05, 0.1) is 0 Å². The summed E-state index contributed by atoms with van der Waals surface area (Å²) in [7, 11) is 0. The molecule has 0 radical (unpaired) electrons. The van der Waals surface area contributed by atoms with Gasteiger partial charge in [0.2, 0.25) is 0 Å². The molecule has 0 aromatic rings. The summed E-state index contributed by atoms with van der Waals surface area (Å²) in [6.07, 6.45) is 2.22. The maximum absolute atomic E-state index is 10.2. The van der Waals surface area contributed by atoms with Crippen LogP contribution in [-0.2, 0) is 4.79 Å². The monoisotopic (exact) mass is 208 g/mol. The standard InChI is InChI=1S/C7H13BrO2/c1-2-6(3-4-8)5-7(9)10/h6H,2-5H2,1H3,(H,9,10). The first-order valence-electron chi connectivity index (χ1n) is 3.48. The second-order valence-corrected chi connectivity index (χ2v) is 3.14. The van der Waals surface area contributed by atoms with Gasteiger partial charge in [-0.2, -0.15) is 0 Å². The van der Waals surface area contributed by atoms with Crippen LogP contribution in [0.3, 0.4) is 0 Å². The van der Waals surface area contributed by atoms with Crippen molar-refractivity contribution in [2.75, 3.05) is 5.33 Å². The Balaban J connectivity index is 3.49. The van der Waals surface area contributed by atoms with Crippen LogP contribution in [-0.4, -0.2) is 16.4 Å². The molecule has 60 valence electrons. The van der Waals surface area contributed by atoms with Gasteiger partial charge in [0, 0.05) is 11.8 Å². The Kier molecular flexibility index (Phi) is 5.69. The van der Waals surface area contributed by atoms with Gasteiger partial charge in [-0.05, 0) is 12.3 Å². The second-order valence-electron chi connectivity index (χ2n) is 2.35. The average Bonchev–Trinajstić information content (AvgIpc) is 1.86. The molecule has 1 N–H and O–H groups in total. The molecular weight excluding hydrogens is 196 g/mol. The van der Waals surface area contributed by atoms with E-state index in [1.807, 2.05) is 6.92 Å². The van der Waals surface area contributed by atoms with Gasteiger partial charge in [0.15, 0.2) is 0 Å². The molecule has 0 heterocycles. The highest BCUT2D eigenvalue weighted by atomic mass is 79.9. The molecule has 3 heteroatoms. The Hall–Kier alpha value is -0.0500. The summed E-state index contributed by atoms with van der Waals surface area (Å²) in [6.45, 7) is 2.02. The third-order valence-electron chi connectivity index (χ3n) is 1.56. The van der Waals surface area contributed by atoms with Crippen LogP contribution in [0.2, 0.25) is 0 Å². The van der Waals surface area contributed by atoms with Gasteiger partial charge in [-0.3, -0.25) is 4.79 Å². The number of hydrogen-bond acceptors (Lipinski definition) is 1. The molecular formula is C7H13BrO2. The van der Waals surface area contributed by atoms with Gasteiger partial charge in [-0.15, -0.1) is 0 Å². The zero-order chi connectivity index (χ0) is 7.98. The lowest BCUT2D eigenvalue weighted by Gasteiger charge is -2.08. The Morgan fingerprint density at radius 1 is 1.70 bits per heavy atom. The molecule has 0 rings (SSSR count). The lowest BCUT2D eigenvalue weighted by atomic mass is 10.00. The first-order valence-corrected chi connectivity index (χ1v) is 4.60. The number of carbonyl (C=O) groups is 1. The van der Waals surface area contributed by atoms with Crippen LogP contribution in [0, 0.1) is 5.92 Å². The fourth-order valence-electron chi connectivity index (χ4n) is 0.852. The van der Waals surface area contributed by atoms with Gasteiger partial charge in [0.1, 0.15) is 0 Å². The maximum Gasteiger partial charge on any atom is 0.303 e. The van der Waals surface area contributed by atoms with Crippen molar-refractivity contribution in [3.63, 3.8) is 0 Å². The molecule has 0 saturated carbocycles. The zero-order valence-corrected chi connectivity index (χ0v) is 7.73. The van der Waals surface area contributed by atoms with Gasteiger partial charge < -0.3 is 5.11 Å². The van der Waals surface area contributed by atoms with E-state index in [0.717, 1.165) is 18.2 Å². The summed E-state index contributed by atoms with van der Waals surface area (Å²) >= 11 is 3.29. The van der Waals surface area contributed by atoms with Crippen molar-refractivity contribution >= 4 is 21.9 Å². The van der Waals surface area contributed by atoms with Crippen molar-refractivity contribution in [2.24, 2.45) is 5.92 Å². The van der Waals surface area contributed by atoms with Crippen molar-refractivity contribution in [1.82, 2.24) is 0 Å². The average molecular weight is 209 g/mol. The van der Waals surface area contributed by atoms with Gasteiger partial charge in [-0.1, -0.05) is 29.3 Å². The van der Waals surface area contributed by atoms with Crippen LogP contribution >= 0.6 is 15.9 Å². The van der Waals surface area contributed by atoms with Crippen LogP contribution < -0.4 is 0 Å². The Morgan fingerprint density at radius 3 is 2.60 bits per heavy atom. The first-order chi connectivity index (χ1) is 4.70. The van der Waals surface area contributed by atoms with Gasteiger partial charge in [0.25, 0.3) is 0 Å². The summed E-state index contributed by atoms with van der Waals surface area (Å²) in [5.74, 6) is -0.343. The predicted molar refractivity (Wildman–Crippen MR) is 44.4 cm³/mol. The van der Waals surface area contributed by atoms with Gasteiger partial charge in [-0.25, -0.2) is 0 Å². The second kappa shape index (κ2) is 5.71. The summed E-state index contributed by atoms with van der Waals surface area (Å²) in [5.41, 5.74) is 0.